The summed E-state index contributed by atoms with van der Waals surface area (Å²) in [5.74, 6) is 1.06. The smallest absolute Gasteiger partial charge is 0.419 e. The third kappa shape index (κ3) is 6.03. The van der Waals surface area contributed by atoms with Crippen molar-refractivity contribution in [3.05, 3.63) is 65.7 Å². The monoisotopic (exact) mass is 493 g/mol. The minimum absolute atomic E-state index is 0.164. The zero-order valence-corrected chi connectivity index (χ0v) is 20.5. The maximum absolute atomic E-state index is 13.7. The lowest BCUT2D eigenvalue weighted by molar-refractivity contribution is -0.137. The first kappa shape index (κ1) is 25.4. The molecule has 3 aromatic rings. The van der Waals surface area contributed by atoms with Crippen LogP contribution in [0.4, 0.5) is 30.5 Å². The van der Waals surface area contributed by atoms with Crippen LogP contribution in [0.3, 0.4) is 0 Å². The molecule has 0 atom stereocenters. The second-order valence-electron chi connectivity index (χ2n) is 8.13. The first-order valence-electron chi connectivity index (χ1n) is 10.4. The predicted octanol–water partition coefficient (Wildman–Crippen LogP) is 5.75. The molecule has 0 aliphatic carbocycles. The van der Waals surface area contributed by atoms with Gasteiger partial charge in [-0.05, 0) is 67.4 Å². The highest BCUT2D eigenvalue weighted by Crippen LogP contribution is 2.38. The van der Waals surface area contributed by atoms with Crippen LogP contribution in [0.1, 0.15) is 11.1 Å². The number of nitrogens with zero attached hydrogens (tertiary/aromatic N) is 2. The molecule has 3 rings (SSSR count). The molecule has 0 unspecified atom stereocenters. The van der Waals surface area contributed by atoms with Crippen molar-refractivity contribution in [3.63, 3.8) is 0 Å². The second-order valence-corrected chi connectivity index (χ2v) is 11.4. The van der Waals surface area contributed by atoms with Gasteiger partial charge in [0.05, 0.1) is 19.8 Å². The van der Waals surface area contributed by atoms with Crippen molar-refractivity contribution in [2.24, 2.45) is 0 Å². The summed E-state index contributed by atoms with van der Waals surface area (Å²) in [4.78, 5) is 5.70. The minimum atomic E-state index is -4.57. The lowest BCUT2D eigenvalue weighted by Gasteiger charge is -2.24. The zero-order valence-electron chi connectivity index (χ0n) is 19.6. The van der Waals surface area contributed by atoms with Crippen molar-refractivity contribution in [3.8, 4) is 11.5 Å². The standard InChI is InChI=1S/C24H27F3N3O3P/c1-30(15-16-6-12-20(32-2)21(14-16)33-3)23-19(24(25,26)27)11-13-22(29-23)28-17-7-9-18(10-8-17)34(4,5)31/h6-14H,15H2,1-5H3,(H,28,29). The molecule has 0 spiro atoms. The highest BCUT2D eigenvalue weighted by molar-refractivity contribution is 7.70. The molecule has 0 bridgehead atoms. The largest absolute Gasteiger partial charge is 0.493 e. The summed E-state index contributed by atoms with van der Waals surface area (Å²) >= 11 is 0. The molecule has 10 heteroatoms. The normalized spacial score (nSPS) is 11.8. The predicted molar refractivity (Wildman–Crippen MR) is 130 cm³/mol. The summed E-state index contributed by atoms with van der Waals surface area (Å²) in [6.45, 7) is 3.51. The van der Waals surface area contributed by atoms with Gasteiger partial charge in [0.15, 0.2) is 11.5 Å². The topological polar surface area (TPSA) is 63.7 Å². The molecule has 2 aromatic carbocycles. The van der Waals surface area contributed by atoms with Crippen LogP contribution in [-0.2, 0) is 17.3 Å². The van der Waals surface area contributed by atoms with Gasteiger partial charge in [-0.15, -0.1) is 0 Å². The van der Waals surface area contributed by atoms with E-state index in [-0.39, 0.29) is 18.2 Å². The molecule has 0 saturated heterocycles. The van der Waals surface area contributed by atoms with Crippen LogP contribution in [0.15, 0.2) is 54.6 Å². The van der Waals surface area contributed by atoms with Gasteiger partial charge in [-0.3, -0.25) is 0 Å². The lowest BCUT2D eigenvalue weighted by atomic mass is 10.1. The van der Waals surface area contributed by atoms with Crippen LogP contribution in [0, 0.1) is 0 Å². The summed E-state index contributed by atoms with van der Waals surface area (Å²) in [5, 5.41) is 3.74. The van der Waals surface area contributed by atoms with E-state index in [9.17, 15) is 17.7 Å². The molecule has 1 aromatic heterocycles. The number of rotatable bonds is 8. The summed E-state index contributed by atoms with van der Waals surface area (Å²) in [5.41, 5.74) is 0.514. The molecule has 182 valence electrons. The van der Waals surface area contributed by atoms with E-state index in [1.165, 1.54) is 25.2 Å². The zero-order chi connectivity index (χ0) is 25.1. The summed E-state index contributed by atoms with van der Waals surface area (Å²) in [6.07, 6.45) is -4.57. The van der Waals surface area contributed by atoms with E-state index in [4.69, 9.17) is 9.47 Å². The highest BCUT2D eigenvalue weighted by atomic mass is 31.2. The number of alkyl halides is 3. The lowest BCUT2D eigenvalue weighted by Crippen LogP contribution is -2.22. The quantitative estimate of drug-likeness (QED) is 0.404. The van der Waals surface area contributed by atoms with Crippen molar-refractivity contribution in [2.75, 3.05) is 44.8 Å². The van der Waals surface area contributed by atoms with Crippen molar-refractivity contribution >= 4 is 29.8 Å². The van der Waals surface area contributed by atoms with Crippen LogP contribution < -0.4 is 25.0 Å². The van der Waals surface area contributed by atoms with Gasteiger partial charge in [0.2, 0.25) is 0 Å². The minimum Gasteiger partial charge on any atom is -0.493 e. The third-order valence-electron chi connectivity index (χ3n) is 5.17. The van der Waals surface area contributed by atoms with E-state index >= 15 is 0 Å². The van der Waals surface area contributed by atoms with Gasteiger partial charge >= 0.3 is 6.18 Å². The number of hydrogen-bond acceptors (Lipinski definition) is 6. The van der Waals surface area contributed by atoms with Crippen LogP contribution in [0.5, 0.6) is 11.5 Å². The number of anilines is 3. The van der Waals surface area contributed by atoms with Crippen molar-refractivity contribution in [1.82, 2.24) is 4.98 Å². The fraction of sp³-hybridized carbons (Fsp3) is 0.292. The first-order valence-corrected chi connectivity index (χ1v) is 13.0. The number of hydrogen-bond donors (Lipinski definition) is 1. The van der Waals surface area contributed by atoms with Crippen LogP contribution in [-0.4, -0.2) is 39.6 Å². The Morgan fingerprint density at radius 2 is 1.62 bits per heavy atom. The third-order valence-corrected chi connectivity index (χ3v) is 6.71. The Morgan fingerprint density at radius 3 is 2.18 bits per heavy atom. The number of benzene rings is 2. The van der Waals surface area contributed by atoms with E-state index in [1.54, 1.807) is 62.8 Å². The van der Waals surface area contributed by atoms with E-state index < -0.39 is 18.9 Å². The molecule has 0 aliphatic heterocycles. The molecule has 0 amide bonds. The molecule has 0 aliphatic rings. The van der Waals surface area contributed by atoms with Gasteiger partial charge in [0, 0.05) is 24.6 Å². The molecular weight excluding hydrogens is 466 g/mol. The number of pyridine rings is 1. The Morgan fingerprint density at radius 1 is 0.971 bits per heavy atom. The Bertz CT molecular complexity index is 1190. The van der Waals surface area contributed by atoms with Crippen LogP contribution in [0.25, 0.3) is 0 Å². The Labute approximate surface area is 197 Å². The molecular formula is C24H27F3N3O3P. The second kappa shape index (κ2) is 9.97. The highest BCUT2D eigenvalue weighted by Gasteiger charge is 2.35. The number of nitrogens with one attached hydrogen (secondary N) is 1. The molecule has 1 N–H and O–H groups in total. The van der Waals surface area contributed by atoms with Gasteiger partial charge in [0.25, 0.3) is 0 Å². The maximum atomic E-state index is 13.7. The van der Waals surface area contributed by atoms with E-state index in [0.717, 1.165) is 11.6 Å². The van der Waals surface area contributed by atoms with Gasteiger partial charge in [0.1, 0.15) is 18.8 Å². The summed E-state index contributed by atoms with van der Waals surface area (Å²) < 4.78 is 63.9. The van der Waals surface area contributed by atoms with Crippen LogP contribution in [0.2, 0.25) is 0 Å². The molecule has 0 saturated carbocycles. The van der Waals surface area contributed by atoms with Gasteiger partial charge in [-0.1, -0.05) is 6.07 Å². The molecule has 1 heterocycles. The Balaban J connectivity index is 1.90. The van der Waals surface area contributed by atoms with Crippen molar-refractivity contribution in [1.29, 1.82) is 0 Å². The van der Waals surface area contributed by atoms with E-state index in [1.807, 2.05) is 0 Å². The first-order chi connectivity index (χ1) is 15.9. The van der Waals surface area contributed by atoms with Gasteiger partial charge in [-0.25, -0.2) is 4.98 Å². The average Bonchev–Trinajstić information content (AvgIpc) is 2.78. The SMILES string of the molecule is COc1ccc(CN(C)c2nc(Nc3ccc(P(C)(C)=O)cc3)ccc2C(F)(F)F)cc1OC. The number of halogens is 3. The van der Waals surface area contributed by atoms with E-state index in [2.05, 4.69) is 10.3 Å². The van der Waals surface area contributed by atoms with Crippen molar-refractivity contribution in [2.45, 2.75) is 12.7 Å². The summed E-state index contributed by atoms with van der Waals surface area (Å²) in [6, 6.07) is 14.4. The molecule has 0 radical (unpaired) electrons. The summed E-state index contributed by atoms with van der Waals surface area (Å²) in [7, 11) is 2.15. The van der Waals surface area contributed by atoms with E-state index in [0.29, 0.717) is 22.5 Å². The van der Waals surface area contributed by atoms with Gasteiger partial charge in [-0.2, -0.15) is 13.2 Å². The fourth-order valence-electron chi connectivity index (χ4n) is 3.41. The number of ether oxygens (including phenoxy) is 2. The average molecular weight is 493 g/mol. The van der Waals surface area contributed by atoms with Crippen LogP contribution >= 0.6 is 7.14 Å². The molecule has 34 heavy (non-hydrogen) atoms. The fourth-order valence-corrected chi connectivity index (χ4v) is 4.28. The Hall–Kier alpha value is -3.19. The number of aromatic nitrogens is 1. The van der Waals surface area contributed by atoms with Crippen molar-refractivity contribution < 1.29 is 27.2 Å². The number of methoxy groups -OCH3 is 2. The van der Waals surface area contributed by atoms with Gasteiger partial charge < -0.3 is 24.3 Å². The molecule has 0 fully saturated rings. The Kier molecular flexibility index (Phi) is 7.46. The molecule has 6 nitrogen and oxygen atoms in total. The maximum Gasteiger partial charge on any atom is 0.419 e.